The molecular weight excluding hydrogens is 326 g/mol. The summed E-state index contributed by atoms with van der Waals surface area (Å²) in [6.45, 7) is 4.35. The fourth-order valence-corrected chi connectivity index (χ4v) is 2.02. The van der Waals surface area contributed by atoms with E-state index in [-0.39, 0.29) is 51.0 Å². The first-order valence-electron chi connectivity index (χ1n) is 4.13. The number of hydrogen-bond donors (Lipinski definition) is 0. The Bertz CT molecular complexity index is 341. The predicted molar refractivity (Wildman–Crippen MR) is 68.4 cm³/mol. The summed E-state index contributed by atoms with van der Waals surface area (Å²) >= 11 is 1.78. The van der Waals surface area contributed by atoms with Crippen molar-refractivity contribution in [2.75, 3.05) is 0 Å². The van der Waals surface area contributed by atoms with Crippen molar-refractivity contribution in [3.8, 4) is 0 Å². The smallest absolute Gasteiger partial charge is 0 e. The summed E-state index contributed by atoms with van der Waals surface area (Å²) in [6, 6.07) is 4.23. The molecule has 0 bridgehead atoms. The monoisotopic (exact) mass is 337 g/mol. The van der Waals surface area contributed by atoms with Crippen molar-refractivity contribution in [2.45, 2.75) is 13.8 Å². The van der Waals surface area contributed by atoms with Crippen molar-refractivity contribution in [1.29, 1.82) is 0 Å². The molecule has 4 heteroatoms. The molecule has 0 spiro atoms. The van der Waals surface area contributed by atoms with E-state index in [1.165, 1.54) is 16.0 Å². The van der Waals surface area contributed by atoms with Crippen LogP contribution in [0.4, 0.5) is 0 Å². The van der Waals surface area contributed by atoms with Crippen molar-refractivity contribution in [2.24, 2.45) is 5.92 Å². The van der Waals surface area contributed by atoms with Crippen molar-refractivity contribution < 1.29 is 26.2 Å². The Hall–Kier alpha value is 0.643. The maximum Gasteiger partial charge on any atom is 0 e. The van der Waals surface area contributed by atoms with Gasteiger partial charge in [0.05, 0.1) is 0 Å². The van der Waals surface area contributed by atoms with Crippen LogP contribution >= 0.6 is 36.2 Å². The summed E-state index contributed by atoms with van der Waals surface area (Å²) in [7, 11) is 0. The Morgan fingerprint density at radius 1 is 1.33 bits per heavy atom. The molecule has 1 aromatic rings. The van der Waals surface area contributed by atoms with Crippen molar-refractivity contribution in [3.05, 3.63) is 40.1 Å². The molecule has 0 aliphatic heterocycles. The summed E-state index contributed by atoms with van der Waals surface area (Å²) in [5.74, 6) is 0.502. The second-order valence-electron chi connectivity index (χ2n) is 3.15. The van der Waals surface area contributed by atoms with Gasteiger partial charge in [-0.05, 0) is 5.38 Å². The van der Waals surface area contributed by atoms with Crippen LogP contribution in [0.1, 0.15) is 18.7 Å². The topological polar surface area (TPSA) is 0 Å². The first-order chi connectivity index (χ1) is 5.77. The van der Waals surface area contributed by atoms with Crippen LogP contribution in [0.25, 0.3) is 5.57 Å². The molecule has 1 atom stereocenters. The van der Waals surface area contributed by atoms with Gasteiger partial charge in [-0.1, -0.05) is 30.7 Å². The SMILES string of the molecule is CC1=CC(c2cccs2)=[C-]C1C.Cl.Cl.[Zr]. The Kier molecular flexibility index (Phi) is 9.42. The van der Waals surface area contributed by atoms with Crippen molar-refractivity contribution >= 4 is 41.7 Å². The van der Waals surface area contributed by atoms with E-state index in [1.807, 2.05) is 0 Å². The zero-order valence-electron chi connectivity index (χ0n) is 8.61. The molecule has 0 amide bonds. The van der Waals surface area contributed by atoms with Crippen LogP contribution in [0.3, 0.4) is 0 Å². The average Bonchev–Trinajstić information content (AvgIpc) is 2.61. The third-order valence-corrected chi connectivity index (χ3v) is 3.12. The van der Waals surface area contributed by atoms with Crippen LogP contribution in [0, 0.1) is 12.0 Å². The second-order valence-corrected chi connectivity index (χ2v) is 4.09. The summed E-state index contributed by atoms with van der Waals surface area (Å²) in [5.41, 5.74) is 2.69. The first-order valence-corrected chi connectivity index (χ1v) is 5.01. The molecule has 0 nitrogen and oxygen atoms in total. The van der Waals surface area contributed by atoms with Gasteiger partial charge in [0.25, 0.3) is 0 Å². The van der Waals surface area contributed by atoms with Crippen LogP contribution in [-0.2, 0) is 26.2 Å². The van der Waals surface area contributed by atoms with E-state index in [0.29, 0.717) is 5.92 Å². The van der Waals surface area contributed by atoms with Gasteiger partial charge in [0, 0.05) is 26.2 Å². The predicted octanol–water partition coefficient (Wildman–Crippen LogP) is 4.37. The minimum absolute atomic E-state index is 0. The largest absolute Gasteiger partial charge is 0.213 e. The van der Waals surface area contributed by atoms with Gasteiger partial charge in [-0.25, -0.2) is 11.3 Å². The second kappa shape index (κ2) is 7.84. The van der Waals surface area contributed by atoms with Crippen LogP contribution in [0.5, 0.6) is 0 Å². The summed E-state index contributed by atoms with van der Waals surface area (Å²) in [6.07, 6.45) is 5.67. The number of hydrogen-bond acceptors (Lipinski definition) is 1. The molecule has 1 aliphatic rings. The van der Waals surface area contributed by atoms with Crippen LogP contribution in [-0.4, -0.2) is 0 Å². The molecule has 1 aromatic heterocycles. The van der Waals surface area contributed by atoms with E-state index in [0.717, 1.165) is 0 Å². The molecule has 1 heterocycles. The molecule has 82 valence electrons. The zero-order chi connectivity index (χ0) is 8.55. The fourth-order valence-electron chi connectivity index (χ4n) is 1.32. The summed E-state index contributed by atoms with van der Waals surface area (Å²) in [4.78, 5) is 1.33. The van der Waals surface area contributed by atoms with Crippen molar-refractivity contribution in [1.82, 2.24) is 0 Å². The Morgan fingerprint density at radius 3 is 2.40 bits per heavy atom. The third kappa shape index (κ3) is 4.19. The average molecular weight is 339 g/mol. The van der Waals surface area contributed by atoms with Gasteiger partial charge in [0.1, 0.15) is 0 Å². The van der Waals surface area contributed by atoms with E-state index < -0.39 is 0 Å². The van der Waals surface area contributed by atoms with E-state index in [2.05, 4.69) is 43.5 Å². The van der Waals surface area contributed by atoms with Crippen molar-refractivity contribution in [3.63, 3.8) is 0 Å². The van der Waals surface area contributed by atoms with Crippen LogP contribution in [0.2, 0.25) is 0 Å². The molecule has 1 aliphatic carbocycles. The molecule has 2 rings (SSSR count). The molecule has 0 N–H and O–H groups in total. The third-order valence-electron chi connectivity index (χ3n) is 2.21. The number of thiophene rings is 1. The molecule has 0 saturated heterocycles. The first kappa shape index (κ1) is 18.0. The molecular formula is C11H13Cl2SZr-. The molecule has 15 heavy (non-hydrogen) atoms. The molecule has 0 radical (unpaired) electrons. The van der Waals surface area contributed by atoms with E-state index >= 15 is 0 Å². The Balaban J connectivity index is 0. The quantitative estimate of drug-likeness (QED) is 0.667. The Morgan fingerprint density at radius 2 is 2.00 bits per heavy atom. The summed E-state index contributed by atoms with van der Waals surface area (Å²) < 4.78 is 0. The normalized spacial score (nSPS) is 17.9. The maximum atomic E-state index is 3.44. The van der Waals surface area contributed by atoms with Gasteiger partial charge in [0.2, 0.25) is 0 Å². The Labute approximate surface area is 127 Å². The van der Waals surface area contributed by atoms with Crippen LogP contribution < -0.4 is 0 Å². The number of halogens is 2. The van der Waals surface area contributed by atoms with Gasteiger partial charge in [-0.3, -0.25) is 0 Å². The van der Waals surface area contributed by atoms with E-state index in [1.54, 1.807) is 11.3 Å². The van der Waals surface area contributed by atoms with Gasteiger partial charge in [0.15, 0.2) is 0 Å². The van der Waals surface area contributed by atoms with Gasteiger partial charge >= 0.3 is 0 Å². The van der Waals surface area contributed by atoms with Crippen LogP contribution in [0.15, 0.2) is 29.2 Å². The molecule has 0 fully saturated rings. The minimum Gasteiger partial charge on any atom is -0.213 e. The fraction of sp³-hybridized carbons (Fsp3) is 0.273. The standard InChI is InChI=1S/C11H11S.2ClH.Zr/c1-8-6-10(7-9(8)2)11-4-3-5-12-11;;;/h3-6,9H,1-2H3;2*1H;/q-1;;;. The number of rotatable bonds is 1. The van der Waals surface area contributed by atoms with Gasteiger partial charge < -0.3 is 0 Å². The zero-order valence-corrected chi connectivity index (χ0v) is 13.5. The van der Waals surface area contributed by atoms with Gasteiger partial charge in [-0.2, -0.15) is 17.7 Å². The minimum atomic E-state index is 0. The molecule has 0 saturated carbocycles. The molecule has 0 aromatic carbocycles. The maximum absolute atomic E-state index is 3.44. The summed E-state index contributed by atoms with van der Waals surface area (Å²) in [5, 5.41) is 2.11. The number of allylic oxidation sites excluding steroid dienone is 4. The molecule has 1 unspecified atom stereocenters. The van der Waals surface area contributed by atoms with E-state index in [4.69, 9.17) is 0 Å². The van der Waals surface area contributed by atoms with Gasteiger partial charge in [-0.15, -0.1) is 36.5 Å². The van der Waals surface area contributed by atoms with E-state index in [9.17, 15) is 0 Å².